The van der Waals surface area contributed by atoms with Crippen molar-refractivity contribution in [2.45, 2.75) is 19.8 Å². The van der Waals surface area contributed by atoms with Gasteiger partial charge in [0.15, 0.2) is 0 Å². The number of benzene rings is 1. The third-order valence-electron chi connectivity index (χ3n) is 2.54. The van der Waals surface area contributed by atoms with Crippen LogP contribution in [-0.2, 0) is 0 Å². The molecule has 2 N–H and O–H groups in total. The van der Waals surface area contributed by atoms with Crippen molar-refractivity contribution in [1.29, 1.82) is 0 Å². The van der Waals surface area contributed by atoms with E-state index in [0.29, 0.717) is 17.4 Å². The summed E-state index contributed by atoms with van der Waals surface area (Å²) >= 11 is 1.69. The molecule has 2 rings (SSSR count). The average molecular weight is 248 g/mol. The van der Waals surface area contributed by atoms with Crippen LogP contribution in [0.15, 0.2) is 23.6 Å². The lowest BCUT2D eigenvalue weighted by molar-refractivity contribution is 0.417. The van der Waals surface area contributed by atoms with Crippen molar-refractivity contribution in [1.82, 2.24) is 4.98 Å². The van der Waals surface area contributed by atoms with Gasteiger partial charge in [-0.3, -0.25) is 0 Å². The van der Waals surface area contributed by atoms with Gasteiger partial charge in [0.25, 0.3) is 0 Å². The lowest BCUT2D eigenvalue weighted by atomic mass is 10.1. The van der Waals surface area contributed by atoms with E-state index in [1.807, 2.05) is 18.2 Å². The normalized spacial score (nSPS) is 10.8. The zero-order chi connectivity index (χ0) is 12.4. The van der Waals surface area contributed by atoms with Gasteiger partial charge in [-0.1, -0.05) is 13.8 Å². The van der Waals surface area contributed by atoms with Crippen LogP contribution in [-0.4, -0.2) is 12.1 Å². The van der Waals surface area contributed by atoms with Gasteiger partial charge < -0.3 is 10.5 Å². The molecule has 1 heterocycles. The molecule has 0 spiro atoms. The first-order valence-corrected chi connectivity index (χ1v) is 6.39. The smallest absolute Gasteiger partial charge is 0.141 e. The molecule has 1 aromatic carbocycles. The van der Waals surface area contributed by atoms with E-state index < -0.39 is 0 Å². The van der Waals surface area contributed by atoms with Gasteiger partial charge in [0.2, 0.25) is 0 Å². The summed E-state index contributed by atoms with van der Waals surface area (Å²) in [5.74, 6) is 1.16. The minimum absolute atomic E-state index is 0.462. The van der Waals surface area contributed by atoms with Crippen LogP contribution in [0.2, 0.25) is 0 Å². The molecule has 0 aliphatic heterocycles. The number of hydrogen-bond acceptors (Lipinski definition) is 4. The Kier molecular flexibility index (Phi) is 3.33. The van der Waals surface area contributed by atoms with E-state index in [1.165, 1.54) is 0 Å². The van der Waals surface area contributed by atoms with Crippen molar-refractivity contribution >= 4 is 17.0 Å². The maximum absolute atomic E-state index is 5.89. The Hall–Kier alpha value is -1.55. The zero-order valence-corrected chi connectivity index (χ0v) is 11.0. The summed E-state index contributed by atoms with van der Waals surface area (Å²) in [6, 6.07) is 5.76. The van der Waals surface area contributed by atoms with Gasteiger partial charge in [-0.15, -0.1) is 11.3 Å². The second-order valence-electron chi connectivity index (χ2n) is 4.18. The molecule has 0 aliphatic rings. The molecule has 0 aliphatic carbocycles. The minimum atomic E-state index is 0.462. The van der Waals surface area contributed by atoms with Crippen molar-refractivity contribution < 1.29 is 4.74 Å². The molecule has 4 heteroatoms. The summed E-state index contributed by atoms with van der Waals surface area (Å²) in [6.07, 6.45) is 0. The fourth-order valence-corrected chi connectivity index (χ4v) is 2.42. The number of aromatic nitrogens is 1. The molecular formula is C13H16N2OS. The molecule has 0 unspecified atom stereocenters. The van der Waals surface area contributed by atoms with Gasteiger partial charge in [0.1, 0.15) is 5.75 Å². The standard InChI is InChI=1S/C13H16N2OS/c1-8(2)13-15-11(7-17-13)9-4-5-12(16-3)10(14)6-9/h4-8H,14H2,1-3H3. The molecule has 0 atom stereocenters. The van der Waals surface area contributed by atoms with Gasteiger partial charge in [-0.2, -0.15) is 0 Å². The predicted molar refractivity (Wildman–Crippen MR) is 72.6 cm³/mol. The Labute approximate surface area is 105 Å². The fourth-order valence-electron chi connectivity index (χ4n) is 1.58. The molecule has 17 heavy (non-hydrogen) atoms. The highest BCUT2D eigenvalue weighted by molar-refractivity contribution is 7.10. The molecule has 2 aromatic rings. The Morgan fingerprint density at radius 1 is 1.35 bits per heavy atom. The SMILES string of the molecule is COc1ccc(-c2csc(C(C)C)n2)cc1N. The minimum Gasteiger partial charge on any atom is -0.495 e. The fraction of sp³-hybridized carbons (Fsp3) is 0.308. The van der Waals surface area contributed by atoms with Crippen LogP contribution >= 0.6 is 11.3 Å². The molecule has 0 saturated heterocycles. The summed E-state index contributed by atoms with van der Waals surface area (Å²) in [5, 5.41) is 3.21. The largest absolute Gasteiger partial charge is 0.495 e. The first-order chi connectivity index (χ1) is 8.11. The van der Waals surface area contributed by atoms with E-state index in [9.17, 15) is 0 Å². The Balaban J connectivity index is 2.36. The lowest BCUT2D eigenvalue weighted by Gasteiger charge is -2.05. The van der Waals surface area contributed by atoms with Crippen LogP contribution in [0, 0.1) is 0 Å². The Morgan fingerprint density at radius 2 is 2.12 bits per heavy atom. The van der Waals surface area contributed by atoms with Gasteiger partial charge in [-0.25, -0.2) is 4.98 Å². The molecular weight excluding hydrogens is 232 g/mol. The average Bonchev–Trinajstić information content (AvgIpc) is 2.78. The van der Waals surface area contributed by atoms with Gasteiger partial charge in [0.05, 0.1) is 23.5 Å². The second-order valence-corrected chi connectivity index (χ2v) is 5.07. The number of rotatable bonds is 3. The third kappa shape index (κ3) is 2.42. The summed E-state index contributed by atoms with van der Waals surface area (Å²) in [6.45, 7) is 4.29. The second kappa shape index (κ2) is 4.75. The van der Waals surface area contributed by atoms with Crippen LogP contribution in [0.1, 0.15) is 24.8 Å². The summed E-state index contributed by atoms with van der Waals surface area (Å²) in [4.78, 5) is 4.60. The predicted octanol–water partition coefficient (Wildman–Crippen LogP) is 3.52. The quantitative estimate of drug-likeness (QED) is 0.845. The van der Waals surface area contributed by atoms with Crippen LogP contribution in [0.3, 0.4) is 0 Å². The zero-order valence-electron chi connectivity index (χ0n) is 10.2. The van der Waals surface area contributed by atoms with Crippen molar-refractivity contribution in [3.63, 3.8) is 0 Å². The van der Waals surface area contributed by atoms with Crippen LogP contribution < -0.4 is 10.5 Å². The maximum atomic E-state index is 5.89. The van der Waals surface area contributed by atoms with Crippen molar-refractivity contribution in [2.24, 2.45) is 0 Å². The number of nitrogens with zero attached hydrogens (tertiary/aromatic N) is 1. The number of nitrogens with two attached hydrogens (primary N) is 1. The van der Waals surface area contributed by atoms with E-state index >= 15 is 0 Å². The lowest BCUT2D eigenvalue weighted by Crippen LogP contribution is -1.93. The molecule has 0 fully saturated rings. The number of hydrogen-bond donors (Lipinski definition) is 1. The number of anilines is 1. The summed E-state index contributed by atoms with van der Waals surface area (Å²) < 4.78 is 5.14. The van der Waals surface area contributed by atoms with E-state index in [4.69, 9.17) is 10.5 Å². The topological polar surface area (TPSA) is 48.1 Å². The van der Waals surface area contributed by atoms with Gasteiger partial charge in [0, 0.05) is 16.9 Å². The van der Waals surface area contributed by atoms with E-state index in [1.54, 1.807) is 18.4 Å². The van der Waals surface area contributed by atoms with Crippen molar-refractivity contribution in [2.75, 3.05) is 12.8 Å². The molecule has 90 valence electrons. The third-order valence-corrected chi connectivity index (χ3v) is 3.69. The molecule has 0 bridgehead atoms. The Bertz CT molecular complexity index is 520. The number of nitrogen functional groups attached to an aromatic ring is 1. The van der Waals surface area contributed by atoms with Crippen molar-refractivity contribution in [3.8, 4) is 17.0 Å². The molecule has 1 aromatic heterocycles. The molecule has 3 nitrogen and oxygen atoms in total. The number of ether oxygens (including phenoxy) is 1. The van der Waals surface area contributed by atoms with Gasteiger partial charge >= 0.3 is 0 Å². The van der Waals surface area contributed by atoms with E-state index in [-0.39, 0.29) is 0 Å². The van der Waals surface area contributed by atoms with E-state index in [0.717, 1.165) is 16.3 Å². The van der Waals surface area contributed by atoms with Gasteiger partial charge in [-0.05, 0) is 18.2 Å². The number of methoxy groups -OCH3 is 1. The van der Waals surface area contributed by atoms with Crippen molar-refractivity contribution in [3.05, 3.63) is 28.6 Å². The Morgan fingerprint density at radius 3 is 2.65 bits per heavy atom. The molecule has 0 amide bonds. The molecule has 0 saturated carbocycles. The number of thiazole rings is 1. The van der Waals surface area contributed by atoms with Crippen LogP contribution in [0.5, 0.6) is 5.75 Å². The van der Waals surface area contributed by atoms with Crippen LogP contribution in [0.4, 0.5) is 5.69 Å². The van der Waals surface area contributed by atoms with E-state index in [2.05, 4.69) is 24.2 Å². The highest BCUT2D eigenvalue weighted by Gasteiger charge is 2.09. The molecule has 0 radical (unpaired) electrons. The first kappa shape index (κ1) is 11.9. The highest BCUT2D eigenvalue weighted by Crippen LogP contribution is 2.30. The first-order valence-electron chi connectivity index (χ1n) is 5.51. The summed E-state index contributed by atoms with van der Waals surface area (Å²) in [5.41, 5.74) is 8.54. The summed E-state index contributed by atoms with van der Waals surface area (Å²) in [7, 11) is 1.62. The maximum Gasteiger partial charge on any atom is 0.141 e. The van der Waals surface area contributed by atoms with Crippen LogP contribution in [0.25, 0.3) is 11.3 Å². The highest BCUT2D eigenvalue weighted by atomic mass is 32.1. The monoisotopic (exact) mass is 248 g/mol.